The van der Waals surface area contributed by atoms with Gasteiger partial charge < -0.3 is 15.0 Å². The summed E-state index contributed by atoms with van der Waals surface area (Å²) < 4.78 is 32.5. The van der Waals surface area contributed by atoms with Gasteiger partial charge in [-0.1, -0.05) is 49.7 Å². The van der Waals surface area contributed by atoms with Crippen LogP contribution in [0.4, 0.5) is 8.78 Å². The molecule has 4 rings (SSSR count). The van der Waals surface area contributed by atoms with Crippen LogP contribution in [0.2, 0.25) is 0 Å². The van der Waals surface area contributed by atoms with Crippen molar-refractivity contribution in [1.29, 1.82) is 0 Å². The number of benzene rings is 3. The number of hydrogen-bond donors (Lipinski definition) is 1. The Labute approximate surface area is 172 Å². The minimum atomic E-state index is -2.90. The highest BCUT2D eigenvalue weighted by Gasteiger charge is 2.18. The summed E-state index contributed by atoms with van der Waals surface area (Å²) in [6.07, 6.45) is 1.93. The molecule has 154 valence electrons. The molecule has 4 nitrogen and oxygen atoms in total. The lowest BCUT2D eigenvalue weighted by Crippen LogP contribution is -2.11. The van der Waals surface area contributed by atoms with E-state index in [9.17, 15) is 13.6 Å². The van der Waals surface area contributed by atoms with Gasteiger partial charge in [0, 0.05) is 27.4 Å². The SMILES string of the molecule is CCCc1ccc2c3c(C(N)=O)cccc3n(Cc3ccccc3OC(F)F)c2c1. The van der Waals surface area contributed by atoms with Crippen LogP contribution in [-0.2, 0) is 13.0 Å². The number of aromatic nitrogens is 1. The number of carbonyl (C=O) groups excluding carboxylic acids is 1. The molecule has 1 amide bonds. The molecule has 0 aliphatic heterocycles. The molecule has 0 unspecified atom stereocenters. The molecule has 2 N–H and O–H groups in total. The third-order valence-corrected chi connectivity index (χ3v) is 5.28. The van der Waals surface area contributed by atoms with E-state index >= 15 is 0 Å². The number of aryl methyl sites for hydroxylation is 1. The average molecular weight is 408 g/mol. The van der Waals surface area contributed by atoms with Gasteiger partial charge >= 0.3 is 6.61 Å². The van der Waals surface area contributed by atoms with Crippen molar-refractivity contribution >= 4 is 27.7 Å². The molecule has 0 spiro atoms. The lowest BCUT2D eigenvalue weighted by atomic mass is 10.0. The summed E-state index contributed by atoms with van der Waals surface area (Å²) in [6.45, 7) is -0.467. The first-order valence-corrected chi connectivity index (χ1v) is 9.86. The number of carbonyl (C=O) groups is 1. The summed E-state index contributed by atoms with van der Waals surface area (Å²) in [4.78, 5) is 12.1. The standard InChI is InChI=1S/C24H22F2N2O2/c1-2-6-15-11-12-17-20(13-15)28(19-9-5-8-18(22(17)19)23(27)29)14-16-7-3-4-10-21(16)30-24(25)26/h3-5,7-13,24H,2,6,14H2,1H3,(H2,27,29). The molecule has 0 saturated carbocycles. The third-order valence-electron chi connectivity index (χ3n) is 5.28. The van der Waals surface area contributed by atoms with Gasteiger partial charge in [0.1, 0.15) is 5.75 Å². The second-order valence-corrected chi connectivity index (χ2v) is 7.24. The van der Waals surface area contributed by atoms with Gasteiger partial charge in [0.15, 0.2) is 0 Å². The molecule has 0 radical (unpaired) electrons. The third kappa shape index (κ3) is 3.61. The van der Waals surface area contributed by atoms with Crippen LogP contribution in [0.1, 0.15) is 34.8 Å². The summed E-state index contributed by atoms with van der Waals surface area (Å²) in [5, 5.41) is 1.68. The van der Waals surface area contributed by atoms with E-state index < -0.39 is 12.5 Å². The molecule has 3 aromatic carbocycles. The highest BCUT2D eigenvalue weighted by molar-refractivity contribution is 6.18. The van der Waals surface area contributed by atoms with Gasteiger partial charge in [-0.05, 0) is 36.2 Å². The van der Waals surface area contributed by atoms with Crippen molar-refractivity contribution in [3.63, 3.8) is 0 Å². The molecule has 4 aromatic rings. The first-order valence-electron chi connectivity index (χ1n) is 9.86. The number of para-hydroxylation sites is 1. The minimum absolute atomic E-state index is 0.137. The highest BCUT2D eigenvalue weighted by Crippen LogP contribution is 2.34. The monoisotopic (exact) mass is 408 g/mol. The van der Waals surface area contributed by atoms with Gasteiger partial charge in [-0.2, -0.15) is 8.78 Å². The molecule has 0 fully saturated rings. The number of halogens is 2. The highest BCUT2D eigenvalue weighted by atomic mass is 19.3. The number of amides is 1. The normalized spacial score (nSPS) is 11.5. The Balaban J connectivity index is 1.97. The molecule has 1 aromatic heterocycles. The number of alkyl halides is 2. The Hall–Kier alpha value is -3.41. The molecule has 0 atom stereocenters. The number of nitrogens with two attached hydrogens (primary N) is 1. The van der Waals surface area contributed by atoms with Crippen LogP contribution in [0.25, 0.3) is 21.8 Å². The molecule has 0 bridgehead atoms. The fourth-order valence-electron chi connectivity index (χ4n) is 4.03. The second-order valence-electron chi connectivity index (χ2n) is 7.24. The summed E-state index contributed by atoms with van der Waals surface area (Å²) in [7, 11) is 0. The Kier molecular flexibility index (Phi) is 5.40. The van der Waals surface area contributed by atoms with Crippen molar-refractivity contribution < 1.29 is 18.3 Å². The molecule has 1 heterocycles. The van der Waals surface area contributed by atoms with E-state index in [0.717, 1.165) is 34.6 Å². The van der Waals surface area contributed by atoms with Gasteiger partial charge in [0.25, 0.3) is 0 Å². The van der Waals surface area contributed by atoms with E-state index in [-0.39, 0.29) is 5.75 Å². The van der Waals surface area contributed by atoms with Crippen LogP contribution in [0.5, 0.6) is 5.75 Å². The predicted molar refractivity (Wildman–Crippen MR) is 114 cm³/mol. The Bertz CT molecular complexity index is 1230. The van der Waals surface area contributed by atoms with Crippen LogP contribution in [0.15, 0.2) is 60.7 Å². The molecular weight excluding hydrogens is 386 g/mol. The summed E-state index contributed by atoms with van der Waals surface area (Å²) in [5.41, 5.74) is 9.63. The zero-order valence-electron chi connectivity index (χ0n) is 16.6. The smallest absolute Gasteiger partial charge is 0.387 e. The van der Waals surface area contributed by atoms with Gasteiger partial charge in [-0.3, -0.25) is 4.79 Å². The summed E-state index contributed by atoms with van der Waals surface area (Å²) in [5.74, 6) is -0.364. The summed E-state index contributed by atoms with van der Waals surface area (Å²) in [6, 6.07) is 18.3. The zero-order valence-corrected chi connectivity index (χ0v) is 16.6. The number of hydrogen-bond acceptors (Lipinski definition) is 2. The maximum atomic E-state index is 12.9. The van der Waals surface area contributed by atoms with E-state index in [1.807, 2.05) is 16.7 Å². The second kappa shape index (κ2) is 8.14. The fraction of sp³-hybridized carbons (Fsp3) is 0.208. The number of nitrogens with zero attached hydrogens (tertiary/aromatic N) is 1. The van der Waals surface area contributed by atoms with Crippen molar-refractivity contribution in [2.45, 2.75) is 32.9 Å². The average Bonchev–Trinajstić information content (AvgIpc) is 3.02. The van der Waals surface area contributed by atoms with Gasteiger partial charge in [-0.25, -0.2) is 0 Å². The van der Waals surface area contributed by atoms with Crippen molar-refractivity contribution in [2.24, 2.45) is 5.73 Å². The number of ether oxygens (including phenoxy) is 1. The maximum Gasteiger partial charge on any atom is 0.387 e. The van der Waals surface area contributed by atoms with Crippen molar-refractivity contribution in [3.8, 4) is 5.75 Å². The van der Waals surface area contributed by atoms with Crippen LogP contribution in [-0.4, -0.2) is 17.1 Å². The first-order chi connectivity index (χ1) is 14.5. The van der Waals surface area contributed by atoms with Crippen molar-refractivity contribution in [2.75, 3.05) is 0 Å². The molecule has 6 heteroatoms. The van der Waals surface area contributed by atoms with Crippen molar-refractivity contribution in [1.82, 2.24) is 4.57 Å². The molecular formula is C24H22F2N2O2. The zero-order chi connectivity index (χ0) is 21.3. The van der Waals surface area contributed by atoms with Crippen LogP contribution in [0.3, 0.4) is 0 Å². The van der Waals surface area contributed by atoms with Gasteiger partial charge in [0.2, 0.25) is 5.91 Å². The van der Waals surface area contributed by atoms with Crippen LogP contribution < -0.4 is 10.5 Å². The van der Waals surface area contributed by atoms with Crippen molar-refractivity contribution in [3.05, 3.63) is 77.4 Å². The predicted octanol–water partition coefficient (Wildman–Crippen LogP) is 5.50. The molecule has 30 heavy (non-hydrogen) atoms. The lowest BCUT2D eigenvalue weighted by molar-refractivity contribution is -0.0504. The quantitative estimate of drug-likeness (QED) is 0.439. The Morgan fingerprint density at radius 2 is 1.87 bits per heavy atom. The lowest BCUT2D eigenvalue weighted by Gasteiger charge is -2.13. The topological polar surface area (TPSA) is 57.2 Å². The largest absolute Gasteiger partial charge is 0.434 e. The summed E-state index contributed by atoms with van der Waals surface area (Å²) >= 11 is 0. The van der Waals surface area contributed by atoms with Gasteiger partial charge in [0.05, 0.1) is 12.1 Å². The van der Waals surface area contributed by atoms with E-state index in [1.54, 1.807) is 30.3 Å². The van der Waals surface area contributed by atoms with Gasteiger partial charge in [-0.15, -0.1) is 0 Å². The molecule has 0 aliphatic rings. The maximum absolute atomic E-state index is 12.9. The first kappa shape index (κ1) is 19.9. The minimum Gasteiger partial charge on any atom is -0.434 e. The Morgan fingerprint density at radius 1 is 1.07 bits per heavy atom. The Morgan fingerprint density at radius 3 is 2.60 bits per heavy atom. The van der Waals surface area contributed by atoms with E-state index in [0.29, 0.717) is 17.7 Å². The molecule has 0 saturated heterocycles. The van der Waals surface area contributed by atoms with E-state index in [4.69, 9.17) is 10.5 Å². The number of fused-ring (bicyclic) bond motifs is 3. The van der Waals surface area contributed by atoms with E-state index in [1.165, 1.54) is 11.6 Å². The van der Waals surface area contributed by atoms with Crippen LogP contribution >= 0.6 is 0 Å². The van der Waals surface area contributed by atoms with Crippen LogP contribution in [0, 0.1) is 0 Å². The van der Waals surface area contributed by atoms with E-state index in [2.05, 4.69) is 19.1 Å². The molecule has 0 aliphatic carbocycles. The fourth-order valence-corrected chi connectivity index (χ4v) is 4.03. The number of primary amides is 1. The number of rotatable bonds is 7.